The summed E-state index contributed by atoms with van der Waals surface area (Å²) >= 11 is 10.8. The Morgan fingerprint density at radius 1 is 0.390 bits per heavy atom. The first-order chi connectivity index (χ1) is 66.0. The summed E-state index contributed by atoms with van der Waals surface area (Å²) in [6, 6.07) is 58.1. The molecule has 0 radical (unpaired) electrons. The molecule has 4 aliphatic rings. The fraction of sp³-hybridized carbons (Fsp3) is 0.284. The number of hydrogen-bond acceptors (Lipinski definition) is 24. The van der Waals surface area contributed by atoms with Crippen LogP contribution in [0.15, 0.2) is 239 Å². The van der Waals surface area contributed by atoms with Gasteiger partial charge in [-0.25, -0.2) is 34.3 Å². The predicted octanol–water partition coefficient (Wildman–Crippen LogP) is 18.7. The Bertz CT molecular complexity index is 6990. The molecular formula is C102H100Br3N21O10. The number of Topliss-reactive ketones (excluding diaryl/α,β-unsaturated/α-hetero) is 2. The van der Waals surface area contributed by atoms with E-state index < -0.39 is 41.8 Å². The van der Waals surface area contributed by atoms with Crippen LogP contribution in [0.1, 0.15) is 156 Å². The van der Waals surface area contributed by atoms with Gasteiger partial charge < -0.3 is 53.8 Å². The van der Waals surface area contributed by atoms with Crippen LogP contribution in [0.3, 0.4) is 0 Å². The number of carbonyl (C=O) groups is 5. The Morgan fingerprint density at radius 3 is 1.02 bits per heavy atom. The standard InChI is InChI=1S/C26H26BrN5O3.C26H28N6O.C25H24BrN5O3.C25H22BrN5O3/c1-35-23(26(33)34)17-9-7-16(8-10-17)22-21(27)24(28)32-25(31-22)19(14-30-32)18-11-12-20(29-13-18)15-5-3-2-4-6-15;27-14-21(33)12-17-6-8-19(9-7-17)24-13-25(28)32-26(31-24)22(16-30-32)20-10-11-23(29-15-20)18-4-2-1-3-5-18;2*26-20-21(15-6-8-16(9-7-15)22(32)25(33)34)30-24-18(13-29-31(24)23(20)27)17-10-11-19(28-12-17)14-4-2-1-3-5-14/h2-6,11-14,16-17,23H,7-10,28H2,1H3,(H,33,34);1-5,10-11,13,15-17,19H,6-9,12,14,27-28H2;1-5,10-13,15-16,22,32H,6-9,27H2,(H,33,34);1-5,10-13,15-16H,6-9,27H2,(H,33,34). The van der Waals surface area contributed by atoms with Gasteiger partial charge in [0.1, 0.15) is 29.1 Å². The first-order valence-electron chi connectivity index (χ1n) is 45.3. The number of carboxylic acids is 3. The van der Waals surface area contributed by atoms with Gasteiger partial charge in [0.05, 0.1) is 84.6 Å². The molecule has 12 aromatic heterocycles. The molecule has 12 heterocycles. The molecule has 4 aliphatic carbocycles. The molecule has 136 heavy (non-hydrogen) atoms. The van der Waals surface area contributed by atoms with Crippen molar-refractivity contribution in [1.29, 1.82) is 0 Å². The molecule has 4 saturated carbocycles. The number of benzene rings is 4. The number of ketones is 2. The maximum Gasteiger partial charge on any atom is 0.372 e. The Labute approximate surface area is 807 Å². The summed E-state index contributed by atoms with van der Waals surface area (Å²) in [6.45, 7) is 0.139. The number of aliphatic hydroxyl groups excluding tert-OH is 1. The SMILES string of the molecule is COC(C(=O)O)C1CCC(c2nc3c(-c4ccc(-c5ccccc5)nc4)cnn3c(N)c2Br)CC1.NCC(=O)CC1CCC(c2cc(N)n3ncc(-c4ccc(-c5ccccc5)nc4)c3n2)CC1.Nc1c(Br)c(C2CCC(C(=O)C(=O)O)CC2)nc2c(-c3ccc(-c4ccccc4)nc3)cnn12.Nc1c(Br)c(C2CCC(C(O)C(=O)O)CC2)nc2c(-c3ccc(-c4ccccc4)nc3)cnn12. The average Bonchev–Trinajstić information content (AvgIpc) is 1.53. The number of carboxylic acid groups (broad SMARTS) is 3. The van der Waals surface area contributed by atoms with Gasteiger partial charge in [0.2, 0.25) is 5.78 Å². The van der Waals surface area contributed by atoms with Gasteiger partial charge in [0.15, 0.2) is 34.8 Å². The molecule has 0 saturated heterocycles. The van der Waals surface area contributed by atoms with E-state index in [1.54, 1.807) is 42.8 Å². The minimum atomic E-state index is -1.36. The maximum absolute atomic E-state index is 11.9. The molecule has 14 N–H and O–H groups in total. The zero-order chi connectivity index (χ0) is 95.0. The van der Waals surface area contributed by atoms with E-state index in [9.17, 15) is 34.2 Å². The molecule has 16 aromatic rings. The number of aliphatic hydroxyl groups is 1. The van der Waals surface area contributed by atoms with Gasteiger partial charge >= 0.3 is 17.9 Å². The minimum absolute atomic E-state index is 0.00617. The third-order valence-corrected chi connectivity index (χ3v) is 29.1. The van der Waals surface area contributed by atoms with Gasteiger partial charge in [-0.05, 0) is 193 Å². The largest absolute Gasteiger partial charge is 0.479 e. The predicted molar refractivity (Wildman–Crippen MR) is 530 cm³/mol. The summed E-state index contributed by atoms with van der Waals surface area (Å²) in [6.07, 6.45) is 25.1. The van der Waals surface area contributed by atoms with E-state index in [2.05, 4.69) is 94.2 Å². The number of nitrogens with two attached hydrogens (primary N) is 5. The molecule has 0 bridgehead atoms. The minimum Gasteiger partial charge on any atom is -0.479 e. The van der Waals surface area contributed by atoms with Crippen molar-refractivity contribution in [2.24, 2.45) is 29.4 Å². The van der Waals surface area contributed by atoms with Crippen LogP contribution >= 0.6 is 47.8 Å². The highest BCUT2D eigenvalue weighted by molar-refractivity contribution is 9.11. The Balaban J connectivity index is 0.000000126. The number of aliphatic carboxylic acids is 3. The zero-order valence-corrected chi connectivity index (χ0v) is 79.0. The lowest BCUT2D eigenvalue weighted by Gasteiger charge is -2.31. The highest BCUT2D eigenvalue weighted by Crippen LogP contribution is 2.47. The van der Waals surface area contributed by atoms with E-state index in [4.69, 9.17) is 63.6 Å². The van der Waals surface area contributed by atoms with Crippen LogP contribution in [0.5, 0.6) is 0 Å². The number of pyridine rings is 4. The van der Waals surface area contributed by atoms with E-state index >= 15 is 0 Å². The van der Waals surface area contributed by atoms with Crippen molar-refractivity contribution in [2.45, 2.75) is 145 Å². The van der Waals surface area contributed by atoms with Crippen molar-refractivity contribution >= 4 is 123 Å². The number of fused-ring (bicyclic) bond motifs is 4. The second-order valence-electron chi connectivity index (χ2n) is 34.9. The fourth-order valence-electron chi connectivity index (χ4n) is 19.2. The summed E-state index contributed by atoms with van der Waals surface area (Å²) in [5.74, 6) is -1.56. The van der Waals surface area contributed by atoms with Crippen molar-refractivity contribution in [1.82, 2.24) is 78.3 Å². The van der Waals surface area contributed by atoms with E-state index in [0.29, 0.717) is 106 Å². The average molecular weight is 2020 g/mol. The number of ether oxygens (including phenoxy) is 1. The van der Waals surface area contributed by atoms with Gasteiger partial charge in [-0.3, -0.25) is 29.5 Å². The molecule has 4 fully saturated rings. The second kappa shape index (κ2) is 42.0. The fourth-order valence-corrected chi connectivity index (χ4v) is 20.9. The second-order valence-corrected chi connectivity index (χ2v) is 37.3. The molecule has 20 rings (SSSR count). The lowest BCUT2D eigenvalue weighted by atomic mass is 9.78. The molecular weight excluding hydrogens is 1920 g/mol. The van der Waals surface area contributed by atoms with Gasteiger partial charge in [-0.2, -0.15) is 38.5 Å². The van der Waals surface area contributed by atoms with Crippen molar-refractivity contribution in [3.05, 3.63) is 262 Å². The zero-order valence-electron chi connectivity index (χ0n) is 74.3. The normalized spacial score (nSPS) is 18.7. The highest BCUT2D eigenvalue weighted by Gasteiger charge is 2.38. The number of methoxy groups -OCH3 is 1. The van der Waals surface area contributed by atoms with Crippen LogP contribution in [0.4, 0.5) is 23.3 Å². The first kappa shape index (κ1) is 94.0. The van der Waals surface area contributed by atoms with Crippen molar-refractivity contribution in [3.63, 3.8) is 0 Å². The molecule has 2 atom stereocenters. The molecule has 694 valence electrons. The van der Waals surface area contributed by atoms with Gasteiger partial charge in [0, 0.05) is 146 Å². The van der Waals surface area contributed by atoms with Crippen LogP contribution in [0.2, 0.25) is 0 Å². The van der Waals surface area contributed by atoms with Crippen molar-refractivity contribution in [3.8, 4) is 89.5 Å². The van der Waals surface area contributed by atoms with Crippen LogP contribution in [0, 0.1) is 23.7 Å². The number of nitrogen functional groups attached to an aromatic ring is 4. The molecule has 34 heteroatoms. The number of anilines is 4. The third-order valence-electron chi connectivity index (χ3n) is 26.7. The van der Waals surface area contributed by atoms with E-state index in [1.165, 1.54) is 7.11 Å². The smallest absolute Gasteiger partial charge is 0.372 e. The van der Waals surface area contributed by atoms with Gasteiger partial charge in [0.25, 0.3) is 0 Å². The number of carbonyl (C=O) groups excluding carboxylic acids is 2. The number of aromatic nitrogens is 16. The lowest BCUT2D eigenvalue weighted by Crippen LogP contribution is -2.34. The Hall–Kier alpha value is -13.8. The monoisotopic (exact) mass is 2020 g/mol. The molecule has 0 spiro atoms. The van der Waals surface area contributed by atoms with Crippen molar-refractivity contribution < 1.29 is 49.1 Å². The van der Waals surface area contributed by atoms with E-state index in [0.717, 1.165) is 187 Å². The first-order valence-corrected chi connectivity index (χ1v) is 47.7. The Morgan fingerprint density at radius 2 is 0.713 bits per heavy atom. The topological polar surface area (TPSA) is 478 Å². The number of hydrogen-bond donors (Lipinski definition) is 9. The van der Waals surface area contributed by atoms with Crippen LogP contribution < -0.4 is 28.7 Å². The Kier molecular flexibility index (Phi) is 29.0. The lowest BCUT2D eigenvalue weighted by molar-refractivity contribution is -0.153. The molecule has 0 amide bonds. The van der Waals surface area contributed by atoms with E-state index in [1.807, 2.05) is 195 Å². The maximum atomic E-state index is 11.9. The number of rotatable bonds is 22. The summed E-state index contributed by atoms with van der Waals surface area (Å²) in [7, 11) is 1.46. The third kappa shape index (κ3) is 20.3. The summed E-state index contributed by atoms with van der Waals surface area (Å²) < 4.78 is 13.9. The summed E-state index contributed by atoms with van der Waals surface area (Å²) in [5.41, 5.74) is 52.2. The van der Waals surface area contributed by atoms with Crippen LogP contribution in [0.25, 0.3) is 112 Å². The van der Waals surface area contributed by atoms with Gasteiger partial charge in [-0.1, -0.05) is 146 Å². The van der Waals surface area contributed by atoms with Crippen molar-refractivity contribution in [2.75, 3.05) is 36.6 Å². The number of nitrogens with zero attached hydrogens (tertiary/aromatic N) is 16. The highest BCUT2D eigenvalue weighted by atomic mass is 79.9. The summed E-state index contributed by atoms with van der Waals surface area (Å²) in [5, 5.41) is 55.3. The molecule has 0 aliphatic heterocycles. The molecule has 4 aromatic carbocycles. The molecule has 31 nitrogen and oxygen atoms in total. The quantitative estimate of drug-likeness (QED) is 0.0285. The van der Waals surface area contributed by atoms with Gasteiger partial charge in [-0.15, -0.1) is 0 Å². The summed E-state index contributed by atoms with van der Waals surface area (Å²) in [4.78, 5) is 95.6. The number of halogens is 3. The van der Waals surface area contributed by atoms with E-state index in [-0.39, 0.29) is 41.9 Å². The van der Waals surface area contributed by atoms with Crippen LogP contribution in [-0.2, 0) is 28.7 Å². The molecule has 2 unspecified atom stereocenters. The van der Waals surface area contributed by atoms with Crippen LogP contribution in [-0.4, -0.2) is 154 Å².